The van der Waals surface area contributed by atoms with E-state index >= 15 is 0 Å². The van der Waals surface area contributed by atoms with Gasteiger partial charge in [-0.2, -0.15) is 0 Å². The van der Waals surface area contributed by atoms with Crippen LogP contribution in [0.4, 0.5) is 5.69 Å². The van der Waals surface area contributed by atoms with Gasteiger partial charge in [-0.1, -0.05) is 0 Å². The van der Waals surface area contributed by atoms with Crippen LogP contribution in [0.1, 0.15) is 36.3 Å². The number of carbonyl (C=O) groups excluding carboxylic acids is 2. The van der Waals surface area contributed by atoms with Gasteiger partial charge in [0.2, 0.25) is 5.91 Å². The SMILES string of the molecule is Cc1ncc(N)cc1C(=O)NC(C)(C)CC(N)=O. The molecule has 18 heavy (non-hydrogen) atoms. The van der Waals surface area contributed by atoms with Crippen LogP contribution in [0.3, 0.4) is 0 Å². The number of rotatable bonds is 4. The van der Waals surface area contributed by atoms with Crippen molar-refractivity contribution < 1.29 is 9.59 Å². The quantitative estimate of drug-likeness (QED) is 0.716. The van der Waals surface area contributed by atoms with Crippen LogP contribution in [0.5, 0.6) is 0 Å². The minimum atomic E-state index is -0.708. The smallest absolute Gasteiger partial charge is 0.253 e. The molecular formula is C12H18N4O2. The Morgan fingerprint density at radius 3 is 2.61 bits per heavy atom. The monoisotopic (exact) mass is 250 g/mol. The molecule has 0 radical (unpaired) electrons. The minimum absolute atomic E-state index is 0.0630. The molecule has 0 saturated heterocycles. The number of nitrogens with zero attached hydrogens (tertiary/aromatic N) is 1. The lowest BCUT2D eigenvalue weighted by Gasteiger charge is -2.25. The number of amides is 2. The Bertz CT molecular complexity index is 483. The molecule has 0 aliphatic heterocycles. The van der Waals surface area contributed by atoms with E-state index in [1.807, 2.05) is 0 Å². The molecule has 0 unspecified atom stereocenters. The number of aryl methyl sites for hydroxylation is 1. The average Bonchev–Trinajstić information content (AvgIpc) is 2.18. The van der Waals surface area contributed by atoms with E-state index in [9.17, 15) is 9.59 Å². The van der Waals surface area contributed by atoms with Gasteiger partial charge in [-0.05, 0) is 26.8 Å². The summed E-state index contributed by atoms with van der Waals surface area (Å²) in [6.07, 6.45) is 1.55. The normalized spacial score (nSPS) is 11.1. The molecule has 6 nitrogen and oxygen atoms in total. The molecule has 0 spiro atoms. The Hall–Kier alpha value is -2.11. The zero-order chi connectivity index (χ0) is 13.9. The number of nitrogen functional groups attached to an aromatic ring is 1. The molecule has 6 heteroatoms. The van der Waals surface area contributed by atoms with Crippen LogP contribution < -0.4 is 16.8 Å². The Kier molecular flexibility index (Phi) is 3.90. The largest absolute Gasteiger partial charge is 0.397 e. The van der Waals surface area contributed by atoms with Gasteiger partial charge >= 0.3 is 0 Å². The number of nitrogens with one attached hydrogen (secondary N) is 1. The van der Waals surface area contributed by atoms with Crippen molar-refractivity contribution in [1.29, 1.82) is 0 Å². The van der Waals surface area contributed by atoms with Crippen LogP contribution in [0.2, 0.25) is 0 Å². The third-order valence-electron chi connectivity index (χ3n) is 2.42. The van der Waals surface area contributed by atoms with Gasteiger partial charge in [0.05, 0.1) is 23.1 Å². The van der Waals surface area contributed by atoms with E-state index in [2.05, 4.69) is 10.3 Å². The van der Waals surface area contributed by atoms with Crippen LogP contribution in [0.25, 0.3) is 0 Å². The lowest BCUT2D eigenvalue weighted by atomic mass is 9.99. The number of pyridine rings is 1. The molecular weight excluding hydrogens is 232 g/mol. The highest BCUT2D eigenvalue weighted by Gasteiger charge is 2.24. The van der Waals surface area contributed by atoms with E-state index in [0.29, 0.717) is 16.9 Å². The van der Waals surface area contributed by atoms with Crippen LogP contribution >= 0.6 is 0 Å². The fourth-order valence-electron chi connectivity index (χ4n) is 1.63. The molecule has 5 N–H and O–H groups in total. The minimum Gasteiger partial charge on any atom is -0.397 e. The first-order valence-corrected chi connectivity index (χ1v) is 5.54. The standard InChI is InChI=1S/C12H18N4O2/c1-7-9(4-8(13)6-15-7)11(18)16-12(2,3)5-10(14)17/h4,6H,5,13H2,1-3H3,(H2,14,17)(H,16,18). The molecule has 0 saturated carbocycles. The summed E-state index contributed by atoms with van der Waals surface area (Å²) in [6, 6.07) is 1.55. The van der Waals surface area contributed by atoms with Crippen molar-refractivity contribution in [1.82, 2.24) is 10.3 Å². The van der Waals surface area contributed by atoms with Crippen LogP contribution in [-0.2, 0) is 4.79 Å². The van der Waals surface area contributed by atoms with Crippen LogP contribution in [0.15, 0.2) is 12.3 Å². The van der Waals surface area contributed by atoms with E-state index < -0.39 is 11.4 Å². The fourth-order valence-corrected chi connectivity index (χ4v) is 1.63. The highest BCUT2D eigenvalue weighted by molar-refractivity contribution is 5.96. The predicted molar refractivity (Wildman–Crippen MR) is 68.7 cm³/mol. The van der Waals surface area contributed by atoms with Crippen molar-refractivity contribution in [3.8, 4) is 0 Å². The van der Waals surface area contributed by atoms with Crippen molar-refractivity contribution >= 4 is 17.5 Å². The van der Waals surface area contributed by atoms with E-state index in [1.165, 1.54) is 6.20 Å². The van der Waals surface area contributed by atoms with Crippen molar-refractivity contribution in [3.63, 3.8) is 0 Å². The molecule has 1 rings (SSSR count). The third-order valence-corrected chi connectivity index (χ3v) is 2.42. The molecule has 0 aliphatic rings. The van der Waals surface area contributed by atoms with Crippen LogP contribution in [-0.4, -0.2) is 22.3 Å². The van der Waals surface area contributed by atoms with E-state index in [-0.39, 0.29) is 12.3 Å². The molecule has 1 aromatic rings. The summed E-state index contributed by atoms with van der Waals surface area (Å²) in [6.45, 7) is 5.17. The van der Waals surface area contributed by atoms with Gasteiger partial charge in [0, 0.05) is 12.0 Å². The highest BCUT2D eigenvalue weighted by atomic mass is 16.2. The van der Waals surface area contributed by atoms with E-state index in [0.717, 1.165) is 0 Å². The first kappa shape index (κ1) is 14.0. The Balaban J connectivity index is 2.88. The lowest BCUT2D eigenvalue weighted by Crippen LogP contribution is -2.46. The van der Waals surface area contributed by atoms with Crippen molar-refractivity contribution in [2.45, 2.75) is 32.7 Å². The number of aromatic nitrogens is 1. The summed E-state index contributed by atoms with van der Waals surface area (Å²) in [5.41, 5.74) is 11.4. The van der Waals surface area contributed by atoms with Gasteiger partial charge in [-0.25, -0.2) is 0 Å². The number of primary amides is 1. The molecule has 2 amide bonds. The Labute approximate surface area is 106 Å². The molecule has 0 aromatic carbocycles. The summed E-state index contributed by atoms with van der Waals surface area (Å²) in [4.78, 5) is 27.0. The number of anilines is 1. The third kappa shape index (κ3) is 3.73. The maximum Gasteiger partial charge on any atom is 0.253 e. The Morgan fingerprint density at radius 2 is 2.06 bits per heavy atom. The summed E-state index contributed by atoms with van der Waals surface area (Å²) in [5.74, 6) is -0.790. The topological polar surface area (TPSA) is 111 Å². The molecule has 0 bridgehead atoms. The summed E-state index contributed by atoms with van der Waals surface area (Å²) < 4.78 is 0. The zero-order valence-corrected chi connectivity index (χ0v) is 10.8. The lowest BCUT2D eigenvalue weighted by molar-refractivity contribution is -0.119. The van der Waals surface area contributed by atoms with Gasteiger partial charge in [-0.15, -0.1) is 0 Å². The van der Waals surface area contributed by atoms with Gasteiger partial charge in [0.25, 0.3) is 5.91 Å². The van der Waals surface area contributed by atoms with Crippen LogP contribution in [0, 0.1) is 6.92 Å². The van der Waals surface area contributed by atoms with Gasteiger partial charge < -0.3 is 16.8 Å². The predicted octanol–water partition coefficient (Wildman–Crippen LogP) is 0.356. The Morgan fingerprint density at radius 1 is 1.44 bits per heavy atom. The number of hydrogen-bond acceptors (Lipinski definition) is 4. The van der Waals surface area contributed by atoms with Crippen molar-refractivity contribution in [2.75, 3.05) is 5.73 Å². The number of hydrogen-bond donors (Lipinski definition) is 3. The fraction of sp³-hybridized carbons (Fsp3) is 0.417. The first-order chi connectivity index (χ1) is 8.21. The van der Waals surface area contributed by atoms with Gasteiger partial charge in [-0.3, -0.25) is 14.6 Å². The summed E-state index contributed by atoms with van der Waals surface area (Å²) in [5, 5.41) is 2.74. The second-order valence-corrected chi connectivity index (χ2v) is 4.88. The van der Waals surface area contributed by atoms with Crippen molar-refractivity contribution in [3.05, 3.63) is 23.5 Å². The molecule has 1 aromatic heterocycles. The first-order valence-electron chi connectivity index (χ1n) is 5.54. The second-order valence-electron chi connectivity index (χ2n) is 4.88. The summed E-state index contributed by atoms with van der Waals surface area (Å²) in [7, 11) is 0. The van der Waals surface area contributed by atoms with Gasteiger partial charge in [0.1, 0.15) is 0 Å². The highest BCUT2D eigenvalue weighted by Crippen LogP contribution is 2.13. The number of carbonyl (C=O) groups is 2. The molecule has 98 valence electrons. The van der Waals surface area contributed by atoms with Crippen molar-refractivity contribution in [2.24, 2.45) is 5.73 Å². The maximum atomic E-state index is 12.1. The molecule has 0 aliphatic carbocycles. The summed E-state index contributed by atoms with van der Waals surface area (Å²) >= 11 is 0. The van der Waals surface area contributed by atoms with Gasteiger partial charge in [0.15, 0.2) is 0 Å². The van der Waals surface area contributed by atoms with E-state index in [4.69, 9.17) is 11.5 Å². The van der Waals surface area contributed by atoms with E-state index in [1.54, 1.807) is 26.8 Å². The number of nitrogens with two attached hydrogens (primary N) is 2. The zero-order valence-electron chi connectivity index (χ0n) is 10.8. The molecule has 0 fully saturated rings. The second kappa shape index (κ2) is 5.03. The average molecular weight is 250 g/mol. The maximum absolute atomic E-state index is 12.1. The molecule has 0 atom stereocenters. The molecule has 1 heterocycles.